The Kier molecular flexibility index (Phi) is 6.03. The minimum atomic E-state index is 0.471. The van der Waals surface area contributed by atoms with Crippen LogP contribution in [0.3, 0.4) is 0 Å². The Bertz CT molecular complexity index is 747. The van der Waals surface area contributed by atoms with Gasteiger partial charge in [0.1, 0.15) is 23.5 Å². The van der Waals surface area contributed by atoms with Gasteiger partial charge in [0.25, 0.3) is 0 Å². The number of benzene rings is 1. The topological polar surface area (TPSA) is 79.7 Å². The fourth-order valence-electron chi connectivity index (χ4n) is 2.24. The molecule has 2 aromatic rings. The molecule has 2 N–H and O–H groups in total. The van der Waals surface area contributed by atoms with Gasteiger partial charge in [-0.25, -0.2) is 0 Å². The highest BCUT2D eigenvalue weighted by atomic mass is 16.5. The summed E-state index contributed by atoms with van der Waals surface area (Å²) in [6.45, 7) is 2.43. The molecule has 0 aliphatic rings. The molecule has 0 spiro atoms. The molecule has 6 heteroatoms. The molecular weight excluding hydrogens is 308 g/mol. The predicted octanol–water partition coefficient (Wildman–Crippen LogP) is 3.51. The molecule has 0 atom stereocenters. The van der Waals surface area contributed by atoms with E-state index in [2.05, 4.69) is 5.16 Å². The standard InChI is InChI=1S/C18H22N2O4/c1-12(9-14(22-3)7-8-21-2)15-11-24-20-18(15)13-5-6-16(19)17(10-13)23-4/h5-7,9-11H,8,19H2,1-4H3/b12-9+,14-7+. The van der Waals surface area contributed by atoms with Crippen LogP contribution in [0.15, 0.2) is 46.9 Å². The third-order valence-electron chi connectivity index (χ3n) is 3.55. The van der Waals surface area contributed by atoms with Crippen LogP contribution in [-0.2, 0) is 9.47 Å². The van der Waals surface area contributed by atoms with Gasteiger partial charge in [0.05, 0.1) is 26.5 Å². The number of hydrogen-bond donors (Lipinski definition) is 1. The minimum absolute atomic E-state index is 0.471. The molecule has 128 valence electrons. The Morgan fingerprint density at radius 2 is 2.08 bits per heavy atom. The van der Waals surface area contributed by atoms with Gasteiger partial charge in [0, 0.05) is 18.2 Å². The van der Waals surface area contributed by atoms with E-state index in [-0.39, 0.29) is 0 Å². The molecule has 0 unspecified atom stereocenters. The van der Waals surface area contributed by atoms with Crippen molar-refractivity contribution in [1.82, 2.24) is 5.16 Å². The zero-order valence-corrected chi connectivity index (χ0v) is 14.3. The number of allylic oxidation sites excluding steroid dienone is 2. The largest absolute Gasteiger partial charge is 0.497 e. The first-order valence-corrected chi connectivity index (χ1v) is 7.40. The van der Waals surface area contributed by atoms with Gasteiger partial charge in [-0.3, -0.25) is 0 Å². The molecule has 1 heterocycles. The average Bonchev–Trinajstić information content (AvgIpc) is 3.08. The predicted molar refractivity (Wildman–Crippen MR) is 93.5 cm³/mol. The highest BCUT2D eigenvalue weighted by Crippen LogP contribution is 2.32. The summed E-state index contributed by atoms with van der Waals surface area (Å²) in [4.78, 5) is 0. The van der Waals surface area contributed by atoms with Gasteiger partial charge in [0.15, 0.2) is 0 Å². The van der Waals surface area contributed by atoms with Crippen LogP contribution in [0, 0.1) is 0 Å². The Labute approximate surface area is 141 Å². The van der Waals surface area contributed by atoms with E-state index in [0.717, 1.165) is 16.7 Å². The molecule has 24 heavy (non-hydrogen) atoms. The SMILES string of the molecule is COC/C=C(\C=C(/C)c1conc1-c1ccc(N)c(OC)c1)OC. The number of nitrogens with zero attached hydrogens (tertiary/aromatic N) is 1. The summed E-state index contributed by atoms with van der Waals surface area (Å²) in [6, 6.07) is 5.50. The van der Waals surface area contributed by atoms with E-state index >= 15 is 0 Å². The van der Waals surface area contributed by atoms with Crippen molar-refractivity contribution in [1.29, 1.82) is 0 Å². The number of aromatic nitrogens is 1. The Morgan fingerprint density at radius 1 is 1.29 bits per heavy atom. The molecule has 0 saturated heterocycles. The van der Waals surface area contributed by atoms with Crippen molar-refractivity contribution in [3.05, 3.63) is 47.9 Å². The van der Waals surface area contributed by atoms with E-state index < -0.39 is 0 Å². The summed E-state index contributed by atoms with van der Waals surface area (Å²) in [7, 11) is 4.83. The molecular formula is C18H22N2O4. The number of methoxy groups -OCH3 is 3. The number of rotatable bonds is 7. The first kappa shape index (κ1) is 17.6. The third-order valence-corrected chi connectivity index (χ3v) is 3.55. The van der Waals surface area contributed by atoms with E-state index in [4.69, 9.17) is 24.5 Å². The normalized spacial score (nSPS) is 12.3. The van der Waals surface area contributed by atoms with Gasteiger partial charge < -0.3 is 24.5 Å². The van der Waals surface area contributed by atoms with Gasteiger partial charge in [0.2, 0.25) is 0 Å². The molecule has 0 saturated carbocycles. The molecule has 0 fully saturated rings. The second-order valence-corrected chi connectivity index (χ2v) is 5.13. The smallest absolute Gasteiger partial charge is 0.142 e. The lowest BCUT2D eigenvalue weighted by Gasteiger charge is -2.08. The number of nitrogen functional groups attached to an aromatic ring is 1. The summed E-state index contributed by atoms with van der Waals surface area (Å²) < 4.78 is 20.8. The van der Waals surface area contributed by atoms with Gasteiger partial charge in [-0.1, -0.05) is 11.2 Å². The Hall–Kier alpha value is -2.73. The van der Waals surface area contributed by atoms with Crippen LogP contribution in [0.25, 0.3) is 16.8 Å². The number of hydrogen-bond acceptors (Lipinski definition) is 6. The summed E-state index contributed by atoms with van der Waals surface area (Å²) in [6.07, 6.45) is 5.36. The van der Waals surface area contributed by atoms with Gasteiger partial charge >= 0.3 is 0 Å². The maximum Gasteiger partial charge on any atom is 0.142 e. The molecule has 0 aliphatic carbocycles. The second-order valence-electron chi connectivity index (χ2n) is 5.13. The lowest BCUT2D eigenvalue weighted by Crippen LogP contribution is -1.94. The maximum atomic E-state index is 5.87. The number of anilines is 1. The van der Waals surface area contributed by atoms with Crippen LogP contribution < -0.4 is 10.5 Å². The Morgan fingerprint density at radius 3 is 2.75 bits per heavy atom. The molecule has 0 aliphatic heterocycles. The maximum absolute atomic E-state index is 5.87. The van der Waals surface area contributed by atoms with Crippen molar-refractivity contribution in [2.45, 2.75) is 6.92 Å². The van der Waals surface area contributed by atoms with E-state index in [1.165, 1.54) is 0 Å². The number of ether oxygens (including phenoxy) is 3. The lowest BCUT2D eigenvalue weighted by molar-refractivity contribution is 0.226. The fourth-order valence-corrected chi connectivity index (χ4v) is 2.24. The molecule has 0 amide bonds. The second kappa shape index (κ2) is 8.21. The van der Waals surface area contributed by atoms with Crippen molar-refractivity contribution in [2.24, 2.45) is 0 Å². The van der Waals surface area contributed by atoms with Crippen LogP contribution in [-0.4, -0.2) is 33.1 Å². The molecule has 0 bridgehead atoms. The fraction of sp³-hybridized carbons (Fsp3) is 0.278. The van der Waals surface area contributed by atoms with Crippen LogP contribution in [0.1, 0.15) is 12.5 Å². The van der Waals surface area contributed by atoms with Crippen molar-refractivity contribution in [2.75, 3.05) is 33.7 Å². The first-order valence-electron chi connectivity index (χ1n) is 7.40. The summed E-state index contributed by atoms with van der Waals surface area (Å²) in [5, 5.41) is 4.11. The molecule has 6 nitrogen and oxygen atoms in total. The lowest BCUT2D eigenvalue weighted by atomic mass is 10.0. The summed E-state index contributed by atoms with van der Waals surface area (Å²) >= 11 is 0. The van der Waals surface area contributed by atoms with Crippen LogP contribution in [0.4, 0.5) is 5.69 Å². The van der Waals surface area contributed by atoms with E-state index in [1.807, 2.05) is 31.2 Å². The summed E-state index contributed by atoms with van der Waals surface area (Å²) in [5.74, 6) is 1.30. The van der Waals surface area contributed by atoms with Gasteiger partial charge in [-0.15, -0.1) is 0 Å². The highest BCUT2D eigenvalue weighted by molar-refractivity contribution is 5.79. The zero-order valence-electron chi connectivity index (χ0n) is 14.3. The van der Waals surface area contributed by atoms with Crippen molar-refractivity contribution >= 4 is 11.3 Å². The summed E-state index contributed by atoms with van der Waals surface area (Å²) in [5.41, 5.74) is 9.82. The highest BCUT2D eigenvalue weighted by Gasteiger charge is 2.14. The Balaban J connectivity index is 2.39. The van der Waals surface area contributed by atoms with Crippen molar-refractivity contribution in [3.63, 3.8) is 0 Å². The third kappa shape index (κ3) is 3.97. The molecule has 2 rings (SSSR count). The number of nitrogens with two attached hydrogens (primary N) is 1. The zero-order chi connectivity index (χ0) is 17.5. The van der Waals surface area contributed by atoms with Gasteiger partial charge in [-0.05, 0) is 36.8 Å². The van der Waals surface area contributed by atoms with Crippen LogP contribution >= 0.6 is 0 Å². The molecule has 0 radical (unpaired) electrons. The first-order chi connectivity index (χ1) is 11.6. The van der Waals surface area contributed by atoms with Gasteiger partial charge in [-0.2, -0.15) is 0 Å². The monoisotopic (exact) mass is 330 g/mol. The van der Waals surface area contributed by atoms with Crippen LogP contribution in [0.2, 0.25) is 0 Å². The quantitative estimate of drug-likeness (QED) is 0.475. The van der Waals surface area contributed by atoms with E-state index in [1.54, 1.807) is 33.7 Å². The average molecular weight is 330 g/mol. The molecule has 1 aromatic carbocycles. The van der Waals surface area contributed by atoms with E-state index in [9.17, 15) is 0 Å². The van der Waals surface area contributed by atoms with Crippen molar-refractivity contribution < 1.29 is 18.7 Å². The van der Waals surface area contributed by atoms with Crippen molar-refractivity contribution in [3.8, 4) is 17.0 Å². The minimum Gasteiger partial charge on any atom is -0.497 e. The van der Waals surface area contributed by atoms with E-state index in [0.29, 0.717) is 29.5 Å². The molecule has 1 aromatic heterocycles. The van der Waals surface area contributed by atoms with Crippen LogP contribution in [0.5, 0.6) is 5.75 Å².